The molecule has 5 nitrogen and oxygen atoms in total. The molecule has 51 heavy (non-hydrogen) atoms. The highest BCUT2D eigenvalue weighted by atomic mass is 19.4. The van der Waals surface area contributed by atoms with Crippen LogP contribution in [0.1, 0.15) is 19.3 Å². The summed E-state index contributed by atoms with van der Waals surface area (Å²) in [7, 11) is 0. The van der Waals surface area contributed by atoms with Crippen LogP contribution in [-0.2, 0) is 19.1 Å². The lowest BCUT2D eigenvalue weighted by Gasteiger charge is -2.39. The van der Waals surface area contributed by atoms with E-state index in [0.29, 0.717) is 0 Å². The van der Waals surface area contributed by atoms with Crippen molar-refractivity contribution in [3.8, 4) is 0 Å². The van der Waals surface area contributed by atoms with Crippen LogP contribution in [0.4, 0.5) is 114 Å². The fourth-order valence-corrected chi connectivity index (χ4v) is 2.92. The van der Waals surface area contributed by atoms with E-state index in [0.717, 1.165) is 0 Å². The second kappa shape index (κ2) is 13.8. The monoisotopic (exact) mass is 825 g/mol. The molecule has 0 rings (SSSR count). The number of halogens is 26. The molecule has 31 heteroatoms. The lowest BCUT2D eigenvalue weighted by atomic mass is 9.93. The number of carbonyl (C=O) groups excluding carboxylic acids is 2. The Hall–Kier alpha value is -2.92. The van der Waals surface area contributed by atoms with Crippen LogP contribution in [0.2, 0.25) is 0 Å². The van der Waals surface area contributed by atoms with Gasteiger partial charge in [-0.2, -0.15) is 114 Å². The first-order valence-electron chi connectivity index (χ1n) is 11.9. The van der Waals surface area contributed by atoms with Crippen LogP contribution < -0.4 is 5.73 Å². The summed E-state index contributed by atoms with van der Waals surface area (Å²) < 4.78 is 346. The Kier molecular flexibility index (Phi) is 13.0. The van der Waals surface area contributed by atoms with Gasteiger partial charge in [-0.15, -0.1) is 0 Å². The van der Waals surface area contributed by atoms with Gasteiger partial charge in [0.2, 0.25) is 0 Å². The minimum atomic E-state index is -8.27. The van der Waals surface area contributed by atoms with Crippen molar-refractivity contribution in [2.24, 2.45) is 5.73 Å². The normalized spacial score (nSPS) is 16.2. The Morgan fingerprint density at radius 3 is 0.941 bits per heavy atom. The fourth-order valence-electron chi connectivity index (χ4n) is 2.92. The highest BCUT2D eigenvalue weighted by Crippen LogP contribution is 2.62. The van der Waals surface area contributed by atoms with Gasteiger partial charge in [-0.1, -0.05) is 0 Å². The molecule has 0 aliphatic rings. The molecule has 304 valence electrons. The summed E-state index contributed by atoms with van der Waals surface area (Å²) >= 11 is 0. The number of alkyl halides is 26. The van der Waals surface area contributed by atoms with Gasteiger partial charge in [-0.25, -0.2) is 0 Å². The Morgan fingerprint density at radius 1 is 0.412 bits per heavy atom. The maximum atomic E-state index is 13.7. The van der Waals surface area contributed by atoms with E-state index in [4.69, 9.17) is 5.73 Å². The molecule has 1 atom stereocenters. The van der Waals surface area contributed by atoms with E-state index < -0.39 is 122 Å². The average Bonchev–Trinajstić information content (AvgIpc) is 2.90. The highest BCUT2D eigenvalue weighted by Gasteiger charge is 2.92. The first-order chi connectivity index (χ1) is 21.9. The van der Waals surface area contributed by atoms with Crippen molar-refractivity contribution in [2.45, 2.75) is 96.9 Å². The summed E-state index contributed by atoms with van der Waals surface area (Å²) in [5, 5.41) is 0. The van der Waals surface area contributed by atoms with Crippen molar-refractivity contribution in [2.75, 3.05) is 13.2 Å². The molecule has 0 aliphatic heterocycles. The number of hydrogen-bond acceptors (Lipinski definition) is 5. The van der Waals surface area contributed by atoms with Crippen LogP contribution >= 0.6 is 0 Å². The number of rotatable bonds is 17. The first-order valence-corrected chi connectivity index (χ1v) is 11.9. The summed E-state index contributed by atoms with van der Waals surface area (Å²) in [4.78, 5) is 23.0. The zero-order chi connectivity index (χ0) is 41.7. The van der Waals surface area contributed by atoms with Gasteiger partial charge in [-0.3, -0.25) is 9.59 Å². The minimum absolute atomic E-state index is 1.86. The lowest BCUT2D eigenvalue weighted by Crippen LogP contribution is -2.70. The van der Waals surface area contributed by atoms with Crippen LogP contribution in [0.25, 0.3) is 0 Å². The molecule has 0 heterocycles. The largest absolute Gasteiger partial charge is 0.465 e. The molecule has 0 saturated carbocycles. The van der Waals surface area contributed by atoms with Gasteiger partial charge in [-0.05, 0) is 0 Å². The summed E-state index contributed by atoms with van der Waals surface area (Å²) in [5.41, 5.74) is 4.84. The Morgan fingerprint density at radius 2 is 0.667 bits per heavy atom. The van der Waals surface area contributed by atoms with Gasteiger partial charge >= 0.3 is 83.5 Å². The molecule has 0 aromatic carbocycles. The van der Waals surface area contributed by atoms with Gasteiger partial charge < -0.3 is 15.2 Å². The quantitative estimate of drug-likeness (QED) is 0.119. The number of esters is 2. The van der Waals surface area contributed by atoms with Crippen molar-refractivity contribution < 1.29 is 133 Å². The molecule has 0 radical (unpaired) electrons. The third-order valence-electron chi connectivity index (χ3n) is 6.03. The number of ether oxygens (including phenoxy) is 2. The molecule has 0 saturated heterocycles. The van der Waals surface area contributed by atoms with E-state index in [1.54, 1.807) is 0 Å². The van der Waals surface area contributed by atoms with Crippen molar-refractivity contribution in [3.63, 3.8) is 0 Å². The van der Waals surface area contributed by atoms with Crippen LogP contribution in [0, 0.1) is 0 Å². The molecule has 0 aromatic rings. The maximum absolute atomic E-state index is 13.7. The van der Waals surface area contributed by atoms with Crippen molar-refractivity contribution in [3.05, 3.63) is 0 Å². The van der Waals surface area contributed by atoms with E-state index in [-0.39, 0.29) is 0 Å². The van der Waals surface area contributed by atoms with Crippen LogP contribution in [0.3, 0.4) is 0 Å². The number of carbonyl (C=O) groups is 2. The molecular weight excluding hydrogens is 812 g/mol. The molecule has 0 aromatic heterocycles. The maximum Gasteiger partial charge on any atom is 0.460 e. The summed E-state index contributed by atoms with van der Waals surface area (Å²) in [6.45, 7) is -4.79. The van der Waals surface area contributed by atoms with Crippen LogP contribution in [0.15, 0.2) is 0 Å². The topological polar surface area (TPSA) is 78.6 Å². The third kappa shape index (κ3) is 8.04. The molecule has 0 bridgehead atoms. The molecule has 1 unspecified atom stereocenters. The van der Waals surface area contributed by atoms with Crippen molar-refractivity contribution in [1.29, 1.82) is 0 Å². The Labute approximate surface area is 262 Å². The molecule has 0 fully saturated rings. The molecule has 0 amide bonds. The smallest absolute Gasteiger partial charge is 0.460 e. The van der Waals surface area contributed by atoms with Crippen molar-refractivity contribution >= 4 is 11.9 Å². The van der Waals surface area contributed by atoms with Crippen molar-refractivity contribution in [1.82, 2.24) is 0 Å². The third-order valence-corrected chi connectivity index (χ3v) is 6.03. The summed E-state index contributed by atoms with van der Waals surface area (Å²) in [6.07, 6.45) is -23.5. The molecular formula is C20H13F26NO4. The second-order valence-corrected chi connectivity index (χ2v) is 9.70. The molecule has 0 aliphatic carbocycles. The first kappa shape index (κ1) is 48.1. The zero-order valence-corrected chi connectivity index (χ0v) is 23.2. The lowest BCUT2D eigenvalue weighted by molar-refractivity contribution is -0.440. The molecule has 0 spiro atoms. The Bertz CT molecular complexity index is 1240. The fraction of sp³-hybridized carbons (Fsp3) is 0.900. The number of hydrogen-bond donors (Lipinski definition) is 1. The highest BCUT2D eigenvalue weighted by molar-refractivity contribution is 5.82. The molecule has 2 N–H and O–H groups in total. The zero-order valence-electron chi connectivity index (χ0n) is 23.2. The van der Waals surface area contributed by atoms with Gasteiger partial charge in [0, 0.05) is 0 Å². The van der Waals surface area contributed by atoms with E-state index in [2.05, 4.69) is 9.47 Å². The SMILES string of the molecule is NC(CC(=O)OCCC(F)(F)C(F)(F)C(F)(F)C(F)(F)C(F)(F)C(F)(F)F)C(=O)OCCC(F)(F)C(F)(F)C(F)(F)C(F)(F)C(F)(F)C(F)(F)F. The number of nitrogens with two attached hydrogens (primary N) is 1. The van der Waals surface area contributed by atoms with Gasteiger partial charge in [0.15, 0.2) is 0 Å². The van der Waals surface area contributed by atoms with E-state index >= 15 is 0 Å². The van der Waals surface area contributed by atoms with E-state index in [1.165, 1.54) is 0 Å². The standard InChI is InChI=1S/C20H13F26NO4/c21-9(22,11(25,26)13(29,30)15(33,34)17(37,38)19(41,42)43)1-3-50-7(48)5-6(47)8(49)51-4-2-10(23,24)12(27,28)14(31,32)16(35,36)18(39,40)20(44,45)46/h6H,1-5,47H2. The minimum Gasteiger partial charge on any atom is -0.465 e. The summed E-state index contributed by atoms with van der Waals surface area (Å²) in [6, 6.07) is -2.72. The Balaban J connectivity index is 5.50. The van der Waals surface area contributed by atoms with Gasteiger partial charge in [0.1, 0.15) is 6.04 Å². The summed E-state index contributed by atoms with van der Waals surface area (Å²) in [5.74, 6) is -82.7. The van der Waals surface area contributed by atoms with E-state index in [9.17, 15) is 124 Å². The van der Waals surface area contributed by atoms with Crippen LogP contribution in [0.5, 0.6) is 0 Å². The van der Waals surface area contributed by atoms with Gasteiger partial charge in [0.05, 0.1) is 32.5 Å². The predicted molar refractivity (Wildman–Crippen MR) is 105 cm³/mol. The van der Waals surface area contributed by atoms with Gasteiger partial charge in [0.25, 0.3) is 0 Å². The van der Waals surface area contributed by atoms with E-state index in [1.807, 2.05) is 0 Å². The second-order valence-electron chi connectivity index (χ2n) is 9.70. The average molecular weight is 825 g/mol. The predicted octanol–water partition coefficient (Wildman–Crippen LogP) is 8.05. The van der Waals surface area contributed by atoms with Crippen LogP contribution in [-0.4, -0.2) is 103 Å².